The van der Waals surface area contributed by atoms with Gasteiger partial charge in [-0.25, -0.2) is 9.97 Å². The van der Waals surface area contributed by atoms with Crippen molar-refractivity contribution >= 4 is 40.6 Å². The predicted molar refractivity (Wildman–Crippen MR) is 130 cm³/mol. The number of nitrogens with one attached hydrogen (secondary N) is 3. The number of imidazole rings is 2. The molecule has 1 aliphatic heterocycles. The van der Waals surface area contributed by atoms with Gasteiger partial charge in [0.15, 0.2) is 5.84 Å². The van der Waals surface area contributed by atoms with Crippen molar-refractivity contribution in [3.63, 3.8) is 0 Å². The van der Waals surface area contributed by atoms with E-state index in [-0.39, 0.29) is 0 Å². The number of benzene rings is 1. The van der Waals surface area contributed by atoms with E-state index in [1.165, 1.54) is 0 Å². The number of anilines is 1. The lowest BCUT2D eigenvalue weighted by Crippen LogP contribution is -2.29. The number of amidine groups is 1. The van der Waals surface area contributed by atoms with Gasteiger partial charge in [0.2, 0.25) is 0 Å². The molecule has 0 saturated carbocycles. The van der Waals surface area contributed by atoms with E-state index in [2.05, 4.69) is 42.5 Å². The van der Waals surface area contributed by atoms with Gasteiger partial charge < -0.3 is 24.9 Å². The third-order valence-corrected chi connectivity index (χ3v) is 5.58. The van der Waals surface area contributed by atoms with Gasteiger partial charge in [0.25, 0.3) is 0 Å². The molecule has 4 aromatic rings. The zero-order valence-electron chi connectivity index (χ0n) is 18.1. The first kappa shape index (κ1) is 21.2. The van der Waals surface area contributed by atoms with Crippen LogP contribution in [-0.2, 0) is 6.54 Å². The van der Waals surface area contributed by atoms with E-state index in [4.69, 9.17) is 21.0 Å². The Balaban J connectivity index is 1.47. The van der Waals surface area contributed by atoms with Crippen LogP contribution >= 0.6 is 11.6 Å². The molecule has 3 aromatic heterocycles. The van der Waals surface area contributed by atoms with Gasteiger partial charge in [0.05, 0.1) is 49.0 Å². The normalized spacial score (nSPS) is 15.4. The molecule has 3 N–H and O–H groups in total. The highest BCUT2D eigenvalue weighted by Crippen LogP contribution is 2.21. The van der Waals surface area contributed by atoms with E-state index in [1.54, 1.807) is 25.2 Å². The van der Waals surface area contributed by atoms with E-state index >= 15 is 0 Å². The van der Waals surface area contributed by atoms with Crippen molar-refractivity contribution in [1.29, 1.82) is 0 Å². The summed E-state index contributed by atoms with van der Waals surface area (Å²) in [6.45, 7) is 3.44. The molecule has 0 radical (unpaired) electrons. The summed E-state index contributed by atoms with van der Waals surface area (Å²) < 4.78 is 7.17. The minimum atomic E-state index is 0.451. The maximum Gasteiger partial charge on any atom is 0.151 e. The van der Waals surface area contributed by atoms with Crippen molar-refractivity contribution < 1.29 is 4.42 Å². The molecule has 11 heteroatoms. The average molecular weight is 466 g/mol. The number of rotatable bonds is 3. The van der Waals surface area contributed by atoms with Crippen LogP contribution in [0.25, 0.3) is 16.7 Å². The van der Waals surface area contributed by atoms with Crippen molar-refractivity contribution in [2.75, 3.05) is 38.5 Å². The fourth-order valence-electron chi connectivity index (χ4n) is 3.59. The third-order valence-electron chi connectivity index (χ3n) is 5.35. The molecule has 0 atom stereocenters. The molecule has 0 spiro atoms. The third kappa shape index (κ3) is 4.76. The number of furan rings is 1. The molecule has 0 fully saturated rings. The Morgan fingerprint density at radius 1 is 1.21 bits per heavy atom. The number of aromatic nitrogens is 4. The van der Waals surface area contributed by atoms with E-state index in [0.29, 0.717) is 36.2 Å². The fraction of sp³-hybridized carbons (Fsp3) is 0.273. The first-order valence-corrected chi connectivity index (χ1v) is 11.0. The summed E-state index contributed by atoms with van der Waals surface area (Å²) in [6.07, 6.45) is 6.73. The molecular formula is C22H24ClN9O. The zero-order valence-corrected chi connectivity index (χ0v) is 18.9. The highest BCUT2D eigenvalue weighted by atomic mass is 35.5. The minimum Gasteiger partial charge on any atom is -0.470 e. The van der Waals surface area contributed by atoms with E-state index in [0.717, 1.165) is 41.5 Å². The number of halogens is 1. The lowest BCUT2D eigenvalue weighted by Gasteiger charge is -2.16. The van der Waals surface area contributed by atoms with Crippen LogP contribution in [0.1, 0.15) is 11.5 Å². The van der Waals surface area contributed by atoms with Crippen molar-refractivity contribution in [2.24, 2.45) is 9.98 Å². The van der Waals surface area contributed by atoms with Crippen LogP contribution in [0.5, 0.6) is 0 Å². The lowest BCUT2D eigenvalue weighted by atomic mass is 10.3. The number of fused-ring (bicyclic) bond motifs is 2. The maximum absolute atomic E-state index is 6.11. The Labute approximate surface area is 195 Å². The molecule has 33 heavy (non-hydrogen) atoms. The van der Waals surface area contributed by atoms with Crippen LogP contribution in [0.15, 0.2) is 57.5 Å². The number of H-pyrrole nitrogens is 1. The van der Waals surface area contributed by atoms with Crippen molar-refractivity contribution in [3.8, 4) is 5.69 Å². The summed E-state index contributed by atoms with van der Waals surface area (Å²) in [5.74, 6) is 2.20. The predicted octanol–water partition coefficient (Wildman–Crippen LogP) is 2.92. The van der Waals surface area contributed by atoms with Crippen LogP contribution in [0.4, 0.5) is 5.82 Å². The summed E-state index contributed by atoms with van der Waals surface area (Å²) in [7, 11) is 2.07. The Morgan fingerprint density at radius 3 is 3.00 bits per heavy atom. The maximum atomic E-state index is 6.11. The molecule has 0 bridgehead atoms. The first-order valence-electron chi connectivity index (χ1n) is 10.6. The van der Waals surface area contributed by atoms with Crippen LogP contribution in [0.2, 0.25) is 5.02 Å². The van der Waals surface area contributed by atoms with Crippen molar-refractivity contribution in [1.82, 2.24) is 29.7 Å². The number of hydrogen-bond donors (Lipinski definition) is 3. The monoisotopic (exact) mass is 465 g/mol. The van der Waals surface area contributed by atoms with Gasteiger partial charge in [-0.3, -0.25) is 14.6 Å². The number of aromatic amines is 1. The second-order valence-corrected chi connectivity index (χ2v) is 8.14. The second-order valence-electron chi connectivity index (χ2n) is 7.71. The Bertz CT molecular complexity index is 1290. The molecule has 0 amide bonds. The largest absolute Gasteiger partial charge is 0.470 e. The van der Waals surface area contributed by atoms with Crippen LogP contribution in [0.3, 0.4) is 0 Å². The van der Waals surface area contributed by atoms with E-state index in [9.17, 15) is 0 Å². The molecule has 1 aromatic carbocycles. The summed E-state index contributed by atoms with van der Waals surface area (Å²) >= 11 is 6.11. The first-order chi connectivity index (χ1) is 16.2. The van der Waals surface area contributed by atoms with Gasteiger partial charge in [0.1, 0.15) is 29.9 Å². The molecule has 0 saturated heterocycles. The van der Waals surface area contributed by atoms with Gasteiger partial charge in [-0.1, -0.05) is 11.6 Å². The highest BCUT2D eigenvalue weighted by Gasteiger charge is 2.18. The van der Waals surface area contributed by atoms with Gasteiger partial charge >= 0.3 is 0 Å². The summed E-state index contributed by atoms with van der Waals surface area (Å²) in [5.41, 5.74) is 3.29. The minimum absolute atomic E-state index is 0.451. The van der Waals surface area contributed by atoms with E-state index < -0.39 is 0 Å². The molecule has 1 aliphatic rings. The molecule has 170 valence electrons. The molecule has 5 rings (SSSR count). The van der Waals surface area contributed by atoms with Gasteiger partial charge in [-0.15, -0.1) is 0 Å². The Morgan fingerprint density at radius 2 is 2.12 bits per heavy atom. The zero-order chi connectivity index (χ0) is 22.6. The number of likely N-dealkylation sites (N-methyl/N-ethyl adjacent to an activating group) is 1. The Hall–Kier alpha value is -3.63. The fourth-order valence-corrected chi connectivity index (χ4v) is 3.77. The van der Waals surface area contributed by atoms with Crippen LogP contribution in [-0.4, -0.2) is 69.8 Å². The standard InChI is InChI=1S/C22H24ClN9O/c1-31-7-5-24-13-27-22-20(28-14-32(22)16-4-9-33-12-16)21(25-6-8-31)26-11-19-29-17-3-2-15(23)10-18(17)30-19/h2-4,9-10,12-14H,5-8,11H2,1H3,(H,24,27)(H,25,26)(H,29,30). The molecular weight excluding hydrogens is 442 g/mol. The average Bonchev–Trinajstić information content (AvgIpc) is 3.54. The number of hydrogen-bond acceptors (Lipinski definition) is 8. The summed E-state index contributed by atoms with van der Waals surface area (Å²) in [5, 5.41) is 7.36. The summed E-state index contributed by atoms with van der Waals surface area (Å²) in [6, 6.07) is 7.46. The summed E-state index contributed by atoms with van der Waals surface area (Å²) in [4.78, 5) is 24.1. The van der Waals surface area contributed by atoms with Gasteiger partial charge in [-0.05, 0) is 25.2 Å². The quantitative estimate of drug-likeness (QED) is 0.429. The topological polar surface area (TPSA) is 112 Å². The molecule has 10 nitrogen and oxygen atoms in total. The van der Waals surface area contributed by atoms with Gasteiger partial charge in [0, 0.05) is 24.2 Å². The number of aliphatic imine (C=N–C) groups is 2. The SMILES string of the molecule is CN1CCN=CNc2c(ncn2-c2ccoc2)C(NCc2nc3ccc(Cl)cc3[nH]2)=NCC1. The van der Waals surface area contributed by atoms with E-state index in [1.807, 2.05) is 28.8 Å². The van der Waals surface area contributed by atoms with Crippen molar-refractivity contribution in [3.05, 3.63) is 59.7 Å². The van der Waals surface area contributed by atoms with Crippen LogP contribution in [0, 0.1) is 0 Å². The molecule has 0 aliphatic carbocycles. The molecule has 0 unspecified atom stereocenters. The Kier molecular flexibility index (Phi) is 6.09. The highest BCUT2D eigenvalue weighted by molar-refractivity contribution is 6.31. The number of nitrogens with zero attached hydrogens (tertiary/aromatic N) is 6. The van der Waals surface area contributed by atoms with Crippen LogP contribution < -0.4 is 10.6 Å². The van der Waals surface area contributed by atoms with Crippen molar-refractivity contribution in [2.45, 2.75) is 6.54 Å². The van der Waals surface area contributed by atoms with Gasteiger partial charge in [-0.2, -0.15) is 0 Å². The smallest absolute Gasteiger partial charge is 0.151 e. The second kappa shape index (κ2) is 9.47. The lowest BCUT2D eigenvalue weighted by molar-refractivity contribution is 0.354. The molecule has 4 heterocycles.